The average molecular weight is 569 g/mol. The first-order valence-electron chi connectivity index (χ1n) is 12.0. The van der Waals surface area contributed by atoms with Crippen LogP contribution in [-0.4, -0.2) is 36.2 Å². The van der Waals surface area contributed by atoms with Gasteiger partial charge in [0.15, 0.2) is 0 Å². The third kappa shape index (κ3) is 6.69. The lowest BCUT2D eigenvalue weighted by atomic mass is 10.1. The zero-order chi connectivity index (χ0) is 29.0. The van der Waals surface area contributed by atoms with Gasteiger partial charge in [-0.25, -0.2) is 9.40 Å². The Kier molecular flexibility index (Phi) is 9.24. The van der Waals surface area contributed by atoms with Gasteiger partial charge in [0.1, 0.15) is 5.82 Å². The van der Waals surface area contributed by atoms with Crippen LogP contribution in [0.2, 0.25) is 0 Å². The van der Waals surface area contributed by atoms with E-state index in [4.69, 9.17) is 5.26 Å². The van der Waals surface area contributed by atoms with Crippen LogP contribution < -0.4 is 15.2 Å². The van der Waals surface area contributed by atoms with Crippen molar-refractivity contribution in [1.82, 2.24) is 10.1 Å². The van der Waals surface area contributed by atoms with E-state index in [1.54, 1.807) is 13.8 Å². The minimum absolute atomic E-state index is 0.104. The molecule has 1 fully saturated rings. The number of nitrogens with one attached hydrogen (secondary N) is 2. The average Bonchev–Trinajstić information content (AvgIpc) is 3.13. The number of anilines is 1. The van der Waals surface area contributed by atoms with Gasteiger partial charge in [0.2, 0.25) is 0 Å². The molecule has 1 saturated heterocycles. The van der Waals surface area contributed by atoms with Crippen LogP contribution in [-0.2, 0) is 20.5 Å². The van der Waals surface area contributed by atoms with Crippen LogP contribution >= 0.6 is 11.1 Å². The van der Waals surface area contributed by atoms with Gasteiger partial charge in [-0.05, 0) is 63.1 Å². The minimum Gasteiger partial charge on any atom is -0.469 e. The lowest BCUT2D eigenvalue weighted by molar-refractivity contribution is -0.141. The second-order valence-electron chi connectivity index (χ2n) is 9.28. The third-order valence-corrected chi connectivity index (χ3v) is 8.70. The highest BCUT2D eigenvalue weighted by molar-refractivity contribution is 8.17. The molecular weight excluding hydrogens is 540 g/mol. The summed E-state index contributed by atoms with van der Waals surface area (Å²) in [4.78, 5) is 40.1. The molecule has 0 radical (unpaired) electrons. The van der Waals surface area contributed by atoms with E-state index >= 15 is 0 Å². The first-order valence-corrected chi connectivity index (χ1v) is 13.3. The molecule has 1 atom stereocenters. The number of nitrogens with zero attached hydrogens (tertiary/aromatic N) is 2. The SMILES string of the molecule is COC(=O)CCCCCNC(=O)c1ccc([SH]2NN(c3ccc(C#N)c(C(F)(F)F)c3)C(=O)C2(C)C)cc1F. The monoisotopic (exact) mass is 568 g/mol. The second-order valence-corrected chi connectivity index (χ2v) is 11.8. The van der Waals surface area contributed by atoms with Crippen LogP contribution in [0.1, 0.15) is 61.0 Å². The Morgan fingerprint density at radius 2 is 1.87 bits per heavy atom. The lowest BCUT2D eigenvalue weighted by Gasteiger charge is -2.27. The van der Waals surface area contributed by atoms with E-state index in [1.807, 2.05) is 0 Å². The molecule has 0 bridgehead atoms. The van der Waals surface area contributed by atoms with E-state index in [-0.39, 0.29) is 30.2 Å². The summed E-state index contributed by atoms with van der Waals surface area (Å²) in [6, 6.07) is 8.40. The molecule has 0 saturated carbocycles. The third-order valence-electron chi connectivity index (χ3n) is 6.20. The summed E-state index contributed by atoms with van der Waals surface area (Å²) in [7, 11) is 1.31. The molecule has 0 aromatic heterocycles. The molecule has 8 nitrogen and oxygen atoms in total. The molecule has 2 amide bonds. The summed E-state index contributed by atoms with van der Waals surface area (Å²) in [5.74, 6) is -2.26. The molecule has 0 aliphatic carbocycles. The summed E-state index contributed by atoms with van der Waals surface area (Å²) in [6.07, 6.45) is -2.64. The van der Waals surface area contributed by atoms with Crippen molar-refractivity contribution in [2.75, 3.05) is 18.7 Å². The highest BCUT2D eigenvalue weighted by Gasteiger charge is 2.47. The number of esters is 1. The van der Waals surface area contributed by atoms with Crippen molar-refractivity contribution in [2.24, 2.45) is 0 Å². The fourth-order valence-corrected chi connectivity index (χ4v) is 6.17. The van der Waals surface area contributed by atoms with Gasteiger partial charge in [-0.15, -0.1) is 11.1 Å². The molecule has 2 aromatic carbocycles. The number of methoxy groups -OCH3 is 1. The number of carbonyl (C=O) groups excluding carboxylic acids is 3. The number of rotatable bonds is 9. The maximum Gasteiger partial charge on any atom is 0.417 e. The number of ether oxygens (including phenoxy) is 1. The smallest absolute Gasteiger partial charge is 0.417 e. The summed E-state index contributed by atoms with van der Waals surface area (Å²) in [6.45, 7) is 3.48. The van der Waals surface area contributed by atoms with Gasteiger partial charge in [0, 0.05) is 17.9 Å². The van der Waals surface area contributed by atoms with Crippen LogP contribution in [0.5, 0.6) is 0 Å². The number of hydrazine groups is 1. The highest BCUT2D eigenvalue weighted by atomic mass is 32.2. The largest absolute Gasteiger partial charge is 0.469 e. The maximum atomic E-state index is 15.0. The van der Waals surface area contributed by atoms with E-state index in [2.05, 4.69) is 14.9 Å². The quantitative estimate of drug-likeness (QED) is 0.174. The molecule has 3 rings (SSSR count). The molecule has 210 valence electrons. The molecule has 1 unspecified atom stereocenters. The van der Waals surface area contributed by atoms with Crippen LogP contribution in [0.25, 0.3) is 0 Å². The van der Waals surface area contributed by atoms with Crippen LogP contribution in [0, 0.1) is 17.1 Å². The standard InChI is InChI=1S/C26H28F4N4O4S/c1-25(2)24(37)34(17-9-8-16(15-31)20(13-17)26(28,29)30)33-39(25)18-10-11-19(21(27)14-18)23(36)32-12-6-4-5-7-22(35)38-3/h8-11,13-14,33,39H,4-7,12H2,1-3H3,(H,32,36). The Balaban J connectivity index is 1.73. The highest BCUT2D eigenvalue weighted by Crippen LogP contribution is 2.51. The van der Waals surface area contributed by atoms with E-state index < -0.39 is 50.8 Å². The Bertz CT molecular complexity index is 1310. The van der Waals surface area contributed by atoms with Crippen LogP contribution in [0.15, 0.2) is 41.3 Å². The summed E-state index contributed by atoms with van der Waals surface area (Å²) in [5, 5.41) is 12.7. The van der Waals surface area contributed by atoms with E-state index in [1.165, 1.54) is 31.4 Å². The summed E-state index contributed by atoms with van der Waals surface area (Å²) >= 11 is -1.64. The molecule has 1 aliphatic heterocycles. The van der Waals surface area contributed by atoms with Gasteiger partial charge in [0.05, 0.1) is 40.3 Å². The summed E-state index contributed by atoms with van der Waals surface area (Å²) in [5.41, 5.74) is -2.04. The van der Waals surface area contributed by atoms with Gasteiger partial charge < -0.3 is 10.1 Å². The van der Waals surface area contributed by atoms with E-state index in [0.717, 1.165) is 23.2 Å². The molecule has 1 aliphatic rings. The summed E-state index contributed by atoms with van der Waals surface area (Å²) < 4.78 is 58.8. The Hall–Kier alpha value is -3.63. The van der Waals surface area contributed by atoms with Gasteiger partial charge >= 0.3 is 12.1 Å². The molecule has 2 aromatic rings. The Labute approximate surface area is 225 Å². The number of carbonyl (C=O) groups is 3. The van der Waals surface area contributed by atoms with Gasteiger partial charge in [-0.2, -0.15) is 23.3 Å². The number of alkyl halides is 3. The first kappa shape index (κ1) is 29.9. The van der Waals surface area contributed by atoms with Crippen molar-refractivity contribution in [3.8, 4) is 6.07 Å². The molecule has 1 heterocycles. The maximum absolute atomic E-state index is 15.0. The number of hydrogen-bond acceptors (Lipinski definition) is 6. The topological polar surface area (TPSA) is 112 Å². The molecule has 0 spiro atoms. The molecule has 39 heavy (non-hydrogen) atoms. The zero-order valence-electron chi connectivity index (χ0n) is 21.5. The number of amides is 2. The molecule has 2 N–H and O–H groups in total. The predicted molar refractivity (Wildman–Crippen MR) is 137 cm³/mol. The van der Waals surface area contributed by atoms with E-state index in [0.29, 0.717) is 24.2 Å². The molecular formula is C26H28F4N4O4S. The normalized spacial score (nSPS) is 17.5. The lowest BCUT2D eigenvalue weighted by Crippen LogP contribution is -2.38. The van der Waals surface area contributed by atoms with Crippen molar-refractivity contribution < 1.29 is 36.7 Å². The first-order chi connectivity index (χ1) is 18.3. The molecule has 13 heteroatoms. The van der Waals surface area contributed by atoms with Crippen LogP contribution in [0.3, 0.4) is 0 Å². The Morgan fingerprint density at radius 1 is 1.15 bits per heavy atom. The van der Waals surface area contributed by atoms with Crippen molar-refractivity contribution in [3.63, 3.8) is 0 Å². The number of thiol groups is 1. The van der Waals surface area contributed by atoms with Crippen molar-refractivity contribution in [3.05, 3.63) is 58.9 Å². The zero-order valence-corrected chi connectivity index (χ0v) is 22.4. The van der Waals surface area contributed by atoms with Gasteiger partial charge in [0.25, 0.3) is 11.8 Å². The van der Waals surface area contributed by atoms with Crippen molar-refractivity contribution >= 4 is 34.6 Å². The number of unbranched alkanes of at least 4 members (excludes halogenated alkanes) is 2. The van der Waals surface area contributed by atoms with E-state index in [9.17, 15) is 31.9 Å². The predicted octanol–water partition coefficient (Wildman–Crippen LogP) is 4.78. The fourth-order valence-electron chi connectivity index (χ4n) is 4.00. The number of benzene rings is 2. The minimum atomic E-state index is -4.80. The second kappa shape index (κ2) is 12.0. The van der Waals surface area contributed by atoms with Gasteiger partial charge in [-0.3, -0.25) is 14.4 Å². The van der Waals surface area contributed by atoms with Crippen LogP contribution in [0.4, 0.5) is 23.2 Å². The number of hydrogen-bond donors (Lipinski definition) is 3. The Morgan fingerprint density at radius 3 is 2.49 bits per heavy atom. The number of halogens is 4. The van der Waals surface area contributed by atoms with Crippen molar-refractivity contribution in [1.29, 1.82) is 5.26 Å². The fraction of sp³-hybridized carbons (Fsp3) is 0.385. The number of nitriles is 1. The van der Waals surface area contributed by atoms with Gasteiger partial charge in [-0.1, -0.05) is 6.42 Å². The van der Waals surface area contributed by atoms with Crippen molar-refractivity contribution in [2.45, 2.75) is 55.3 Å².